The van der Waals surface area contributed by atoms with Crippen molar-refractivity contribution in [2.75, 3.05) is 5.32 Å². The number of hydrogen-bond donors (Lipinski definition) is 2. The maximum atomic E-state index is 12.6. The van der Waals surface area contributed by atoms with Gasteiger partial charge in [0.2, 0.25) is 5.91 Å². The zero-order valence-electron chi connectivity index (χ0n) is 25.0. The molecular formula is C31H26Cl2F3I3N5O3V. The zero-order valence-corrected chi connectivity index (χ0v) is 34.4. The third-order valence-corrected chi connectivity index (χ3v) is 6.73. The van der Waals surface area contributed by atoms with Gasteiger partial charge in [-0.25, -0.2) is 9.97 Å². The average molecular weight is 1080 g/mol. The molecule has 2 N–H and O–H groups in total. The number of nitrogens with one attached hydrogen (secondary N) is 1. The molecule has 5 aromatic rings. The Balaban J connectivity index is 0.000000254. The molecule has 0 radical (unpaired) electrons. The molecule has 5 rings (SSSR count). The number of anilines is 1. The molecule has 0 atom stereocenters. The monoisotopic (exact) mass is 1070 g/mol. The van der Waals surface area contributed by atoms with E-state index in [1.165, 1.54) is 12.1 Å². The molecule has 0 aliphatic carbocycles. The van der Waals surface area contributed by atoms with Crippen LogP contribution in [-0.2, 0) is 47.6 Å². The standard InChI is InChI=1S/C19H15ClF3N3O.C12H11ClN2O2.3HI.V/c1-26-11-16(25-18(26)12-2-6-14(20)7-3-12)10-17(27)24-15-8-4-13(5-9-15)19(21,22)23;1-15-7-10(6-11(16)17)14-12(15)8-2-4-9(13)5-3-8;;;;/h2-9,11H,10H2,1H3,(H,24,27);2-5,7H,6H2,1H3,(H,16,17);3*1H;/q;;;;;+3/p-3. The summed E-state index contributed by atoms with van der Waals surface area (Å²) < 4.78 is 41.3. The first-order valence-electron chi connectivity index (χ1n) is 13.5. The van der Waals surface area contributed by atoms with E-state index in [-0.39, 0.29) is 23.7 Å². The number of carboxylic acids is 1. The van der Waals surface area contributed by atoms with Gasteiger partial charge < -0.3 is 19.6 Å². The molecule has 2 heterocycles. The molecule has 0 aliphatic heterocycles. The molecule has 0 saturated carbocycles. The van der Waals surface area contributed by atoms with Crippen molar-refractivity contribution in [1.29, 1.82) is 0 Å². The van der Waals surface area contributed by atoms with Gasteiger partial charge in [0.15, 0.2) is 0 Å². The molecule has 17 heteroatoms. The minimum absolute atomic E-state index is 0.00243. The number of halogens is 8. The third kappa shape index (κ3) is 13.5. The summed E-state index contributed by atoms with van der Waals surface area (Å²) in [7, 11) is 3.65. The minimum atomic E-state index is -4.41. The first-order valence-corrected chi connectivity index (χ1v) is 27.8. The van der Waals surface area contributed by atoms with Crippen molar-refractivity contribution < 1.29 is 32.8 Å². The van der Waals surface area contributed by atoms with E-state index in [0.717, 1.165) is 29.1 Å². The summed E-state index contributed by atoms with van der Waals surface area (Å²) in [5, 5.41) is 12.6. The Morgan fingerprint density at radius 2 is 1.17 bits per heavy atom. The van der Waals surface area contributed by atoms with Gasteiger partial charge in [-0.3, -0.25) is 9.59 Å². The van der Waals surface area contributed by atoms with Gasteiger partial charge in [-0.05, 0) is 72.8 Å². The third-order valence-electron chi connectivity index (χ3n) is 6.23. The van der Waals surface area contributed by atoms with Crippen LogP contribution in [0.3, 0.4) is 0 Å². The summed E-state index contributed by atoms with van der Waals surface area (Å²) >= 11 is 19.1. The topological polar surface area (TPSA) is 102 Å². The number of carbonyl (C=O) groups is 2. The SMILES string of the molecule is Cn1cc(CC(=O)Nc2ccc(C(F)(F)F)cc2)nc1-c1ccc(Cl)cc1.Cn1cc(CC(=O)O)nc1-c1ccc(Cl)cc1.[I][V]([I])[I]. The molecule has 0 bridgehead atoms. The van der Waals surface area contributed by atoms with Crippen molar-refractivity contribution in [2.24, 2.45) is 14.1 Å². The second-order valence-electron chi connectivity index (χ2n) is 9.91. The molecular weight excluding hydrogens is 1050 g/mol. The maximum absolute atomic E-state index is 12.6. The van der Waals surface area contributed by atoms with Crippen LogP contribution in [-0.4, -0.2) is 36.1 Å². The van der Waals surface area contributed by atoms with Gasteiger partial charge in [0.05, 0.1) is 29.8 Å². The van der Waals surface area contributed by atoms with Crippen LogP contribution in [0.1, 0.15) is 17.0 Å². The van der Waals surface area contributed by atoms with E-state index >= 15 is 0 Å². The normalized spacial score (nSPS) is 10.9. The Hall–Kier alpha value is -1.84. The van der Waals surface area contributed by atoms with E-state index in [2.05, 4.69) is 75.2 Å². The first kappa shape index (κ1) is 40.6. The van der Waals surface area contributed by atoms with Gasteiger partial charge in [-0.1, -0.05) is 23.2 Å². The summed E-state index contributed by atoms with van der Waals surface area (Å²) in [6, 6.07) is 18.7. The molecule has 8 nitrogen and oxygen atoms in total. The fourth-order valence-electron chi connectivity index (χ4n) is 4.23. The van der Waals surface area contributed by atoms with Gasteiger partial charge in [0.25, 0.3) is 0 Å². The number of benzene rings is 3. The summed E-state index contributed by atoms with van der Waals surface area (Å²) in [5.74, 6) is 0.170. The zero-order chi connectivity index (χ0) is 35.6. The van der Waals surface area contributed by atoms with Crippen molar-refractivity contribution >= 4 is 101 Å². The number of alkyl halides is 3. The predicted molar refractivity (Wildman–Crippen MR) is 204 cm³/mol. The van der Waals surface area contributed by atoms with E-state index in [9.17, 15) is 22.8 Å². The van der Waals surface area contributed by atoms with Gasteiger partial charge in [0.1, 0.15) is 11.6 Å². The Bertz CT molecular complexity index is 1820. The number of imidazole rings is 2. The Labute approximate surface area is 322 Å². The number of amides is 1. The van der Waals surface area contributed by atoms with Gasteiger partial charge in [-0.15, -0.1) is 0 Å². The van der Waals surface area contributed by atoms with Crippen molar-refractivity contribution in [3.05, 3.63) is 112 Å². The Morgan fingerprint density at radius 1 is 0.771 bits per heavy atom. The Morgan fingerprint density at radius 3 is 1.54 bits per heavy atom. The number of carbonyl (C=O) groups excluding carboxylic acids is 1. The quantitative estimate of drug-likeness (QED) is 0.158. The number of hydrogen-bond acceptors (Lipinski definition) is 4. The molecule has 0 saturated heterocycles. The average Bonchev–Trinajstić information content (AvgIpc) is 3.54. The molecule has 1 amide bonds. The molecule has 0 fully saturated rings. The van der Waals surface area contributed by atoms with Crippen LogP contribution < -0.4 is 5.32 Å². The van der Waals surface area contributed by atoms with E-state index in [0.29, 0.717) is 32.9 Å². The second-order valence-corrected chi connectivity index (χ2v) is 46.2. The summed E-state index contributed by atoms with van der Waals surface area (Å²) in [6.45, 7) is 0. The van der Waals surface area contributed by atoms with Crippen LogP contribution >= 0.6 is 83.1 Å². The fraction of sp³-hybridized carbons (Fsp3) is 0.161. The van der Waals surface area contributed by atoms with E-state index in [1.54, 1.807) is 41.2 Å². The summed E-state index contributed by atoms with van der Waals surface area (Å²) in [6.07, 6.45) is -1.02. The van der Waals surface area contributed by atoms with Crippen molar-refractivity contribution in [1.82, 2.24) is 19.1 Å². The summed E-state index contributed by atoms with van der Waals surface area (Å²) in [4.78, 5) is 31.2. The second kappa shape index (κ2) is 19.0. The number of aryl methyl sites for hydroxylation is 2. The number of rotatable bonds is 7. The van der Waals surface area contributed by atoms with Crippen LogP contribution in [0.2, 0.25) is 10.0 Å². The number of nitrogens with zero attached hydrogens (tertiary/aromatic N) is 4. The van der Waals surface area contributed by atoms with E-state index in [4.69, 9.17) is 28.3 Å². The molecule has 0 aliphatic rings. The molecule has 0 spiro atoms. The number of aliphatic carboxylic acids is 1. The first-order chi connectivity index (χ1) is 22.5. The molecule has 2 aromatic heterocycles. The van der Waals surface area contributed by atoms with Crippen LogP contribution in [0.4, 0.5) is 18.9 Å². The Kier molecular flexibility index (Phi) is 16.0. The predicted octanol–water partition coefficient (Wildman–Crippen LogP) is 9.96. The van der Waals surface area contributed by atoms with Crippen LogP contribution in [0.25, 0.3) is 22.8 Å². The fourth-order valence-corrected chi connectivity index (χ4v) is 4.48. The number of aromatic nitrogens is 4. The molecule has 254 valence electrons. The number of carboxylic acid groups (broad SMARTS) is 1. The molecule has 0 unspecified atom stereocenters. The van der Waals surface area contributed by atoms with Crippen molar-refractivity contribution in [2.45, 2.75) is 19.0 Å². The van der Waals surface area contributed by atoms with Crippen LogP contribution in [0.15, 0.2) is 85.2 Å². The molecule has 3 aromatic carbocycles. The molecule has 48 heavy (non-hydrogen) atoms. The van der Waals surface area contributed by atoms with Gasteiger partial charge in [0, 0.05) is 53.3 Å². The van der Waals surface area contributed by atoms with Gasteiger partial charge in [-0.2, -0.15) is 13.2 Å². The van der Waals surface area contributed by atoms with Crippen molar-refractivity contribution in [3.63, 3.8) is 0 Å². The van der Waals surface area contributed by atoms with E-state index < -0.39 is 17.7 Å². The van der Waals surface area contributed by atoms with Gasteiger partial charge >= 0.3 is 77.0 Å². The van der Waals surface area contributed by atoms with Crippen LogP contribution in [0.5, 0.6) is 0 Å². The van der Waals surface area contributed by atoms with Crippen LogP contribution in [0, 0.1) is 0 Å². The van der Waals surface area contributed by atoms with Crippen molar-refractivity contribution in [3.8, 4) is 22.8 Å². The van der Waals surface area contributed by atoms with E-state index in [1.807, 2.05) is 42.9 Å². The summed E-state index contributed by atoms with van der Waals surface area (Å²) in [5.41, 5.74) is 2.39.